The molecule has 0 aliphatic carbocycles. The number of ketones is 1. The zero-order valence-electron chi connectivity index (χ0n) is 13.6. The molecule has 1 N–H and O–H groups in total. The molecule has 0 amide bonds. The number of carbonyl (C=O) groups is 1. The van der Waals surface area contributed by atoms with Gasteiger partial charge in [0.15, 0.2) is 5.78 Å². The van der Waals surface area contributed by atoms with Gasteiger partial charge in [-0.15, -0.1) is 11.3 Å². The number of hydrogen-bond donors (Lipinski definition) is 1. The first kappa shape index (κ1) is 18.1. The van der Waals surface area contributed by atoms with Gasteiger partial charge >= 0.3 is 0 Å². The highest BCUT2D eigenvalue weighted by Crippen LogP contribution is 2.24. The Morgan fingerprint density at radius 1 is 1.22 bits per heavy atom. The highest BCUT2D eigenvalue weighted by Gasteiger charge is 2.19. The Hall–Kier alpha value is -1.20. The van der Waals surface area contributed by atoms with Crippen LogP contribution in [0.1, 0.15) is 35.1 Å². The van der Waals surface area contributed by atoms with Crippen LogP contribution < -0.4 is 5.32 Å². The maximum absolute atomic E-state index is 12.2. The maximum atomic E-state index is 12.2. The lowest BCUT2D eigenvalue weighted by molar-refractivity contribution is 0.0987. The van der Waals surface area contributed by atoms with Crippen molar-refractivity contribution in [1.82, 2.24) is 10.2 Å². The van der Waals surface area contributed by atoms with Crippen molar-refractivity contribution in [2.24, 2.45) is 0 Å². The van der Waals surface area contributed by atoms with E-state index in [0.717, 1.165) is 19.6 Å². The number of carbonyl (C=O) groups excluding carboxylic acids is 1. The van der Waals surface area contributed by atoms with Crippen molar-refractivity contribution in [3.63, 3.8) is 0 Å². The second-order valence-corrected chi connectivity index (χ2v) is 6.73. The molecule has 0 fully saturated rings. The fourth-order valence-electron chi connectivity index (χ4n) is 2.62. The van der Waals surface area contributed by atoms with Crippen LogP contribution in [0.2, 0.25) is 5.02 Å². The Balaban J connectivity index is 1.93. The summed E-state index contributed by atoms with van der Waals surface area (Å²) in [5, 5.41) is 6.07. The first-order valence-corrected chi connectivity index (χ1v) is 9.18. The third kappa shape index (κ3) is 5.15. The van der Waals surface area contributed by atoms with E-state index in [1.807, 2.05) is 0 Å². The van der Waals surface area contributed by atoms with Crippen molar-refractivity contribution in [2.45, 2.75) is 19.9 Å². The molecule has 0 radical (unpaired) electrons. The molecule has 1 aromatic carbocycles. The monoisotopic (exact) mass is 350 g/mol. The number of hydrogen-bond acceptors (Lipinski definition) is 4. The number of thiophene rings is 1. The summed E-state index contributed by atoms with van der Waals surface area (Å²) in [4.78, 5) is 16.0. The first-order chi connectivity index (χ1) is 11.2. The molecule has 3 nitrogen and oxygen atoms in total. The smallest absolute Gasteiger partial charge is 0.176 e. The zero-order valence-corrected chi connectivity index (χ0v) is 15.2. The van der Waals surface area contributed by atoms with Crippen LogP contribution in [0.3, 0.4) is 0 Å². The predicted molar refractivity (Wildman–Crippen MR) is 98.6 cm³/mol. The van der Waals surface area contributed by atoms with Gasteiger partial charge in [-0.1, -0.05) is 31.5 Å². The summed E-state index contributed by atoms with van der Waals surface area (Å²) >= 11 is 7.62. The number of Topliss-reactive ketones (excluding diaryl/α,β-unsaturated/α-hetero) is 1. The highest BCUT2D eigenvalue weighted by atomic mass is 35.5. The van der Waals surface area contributed by atoms with Gasteiger partial charge in [0, 0.05) is 22.0 Å². The van der Waals surface area contributed by atoms with Gasteiger partial charge in [-0.25, -0.2) is 0 Å². The van der Waals surface area contributed by atoms with Gasteiger partial charge in [-0.3, -0.25) is 9.69 Å². The van der Waals surface area contributed by atoms with Gasteiger partial charge in [0.2, 0.25) is 0 Å². The molecule has 2 aromatic rings. The van der Waals surface area contributed by atoms with Crippen LogP contribution >= 0.6 is 22.9 Å². The number of halogens is 1. The molecule has 0 bridgehead atoms. The van der Waals surface area contributed by atoms with Crippen molar-refractivity contribution >= 4 is 28.7 Å². The summed E-state index contributed by atoms with van der Waals surface area (Å²) in [5.74, 6) is 0.0890. The summed E-state index contributed by atoms with van der Waals surface area (Å²) in [5.41, 5.74) is 0.692. The van der Waals surface area contributed by atoms with Crippen LogP contribution in [0, 0.1) is 0 Å². The topological polar surface area (TPSA) is 32.3 Å². The third-order valence-electron chi connectivity index (χ3n) is 3.91. The standard InChI is InChI=1S/C18H23ClN2OS/c1-3-21(4-2)16(18-6-5-11-23-18)12-20-13-17(22)14-7-9-15(19)10-8-14/h5-11,16,20H,3-4,12-13H2,1-2H3. The predicted octanol–water partition coefficient (Wildman–Crippen LogP) is 4.26. The zero-order chi connectivity index (χ0) is 16.7. The lowest BCUT2D eigenvalue weighted by atomic mass is 10.1. The summed E-state index contributed by atoms with van der Waals surface area (Å²) in [6.45, 7) is 7.43. The van der Waals surface area contributed by atoms with Crippen LogP contribution in [-0.4, -0.2) is 36.9 Å². The molecule has 23 heavy (non-hydrogen) atoms. The van der Waals surface area contributed by atoms with Gasteiger partial charge in [-0.05, 0) is 48.8 Å². The Labute approximate surface area is 147 Å². The normalized spacial score (nSPS) is 12.5. The second kappa shape index (κ2) is 9.18. The Morgan fingerprint density at radius 2 is 1.91 bits per heavy atom. The third-order valence-corrected chi connectivity index (χ3v) is 5.14. The van der Waals surface area contributed by atoms with E-state index in [1.165, 1.54) is 4.88 Å². The van der Waals surface area contributed by atoms with E-state index in [1.54, 1.807) is 35.6 Å². The minimum absolute atomic E-state index is 0.0890. The summed E-state index contributed by atoms with van der Waals surface area (Å²) < 4.78 is 0. The van der Waals surface area contributed by atoms with Crippen LogP contribution in [-0.2, 0) is 0 Å². The van der Waals surface area contributed by atoms with Crippen LogP contribution in [0.15, 0.2) is 41.8 Å². The number of likely N-dealkylation sites (N-methyl/N-ethyl adjacent to an activating group) is 1. The average Bonchev–Trinajstić information content (AvgIpc) is 3.09. The Kier molecular flexibility index (Phi) is 7.24. The van der Waals surface area contributed by atoms with E-state index in [0.29, 0.717) is 23.2 Å². The average molecular weight is 351 g/mol. The first-order valence-electron chi connectivity index (χ1n) is 7.92. The molecule has 2 rings (SSSR count). The van der Waals surface area contributed by atoms with E-state index >= 15 is 0 Å². The number of nitrogens with zero attached hydrogens (tertiary/aromatic N) is 1. The van der Waals surface area contributed by atoms with Gasteiger partial charge in [-0.2, -0.15) is 0 Å². The lowest BCUT2D eigenvalue weighted by Crippen LogP contribution is -2.37. The van der Waals surface area contributed by atoms with Gasteiger partial charge in [0.1, 0.15) is 0 Å². The fraction of sp³-hybridized carbons (Fsp3) is 0.389. The molecule has 0 aliphatic rings. The SMILES string of the molecule is CCN(CC)C(CNCC(=O)c1ccc(Cl)cc1)c1cccs1. The molecule has 0 aliphatic heterocycles. The second-order valence-electron chi connectivity index (χ2n) is 5.31. The summed E-state index contributed by atoms with van der Waals surface area (Å²) in [6, 6.07) is 11.6. The van der Waals surface area contributed by atoms with Crippen molar-refractivity contribution < 1.29 is 4.79 Å². The molecular weight excluding hydrogens is 328 g/mol. The van der Waals surface area contributed by atoms with Gasteiger partial charge < -0.3 is 5.32 Å². The number of rotatable bonds is 9. The molecule has 1 heterocycles. The van der Waals surface area contributed by atoms with Crippen molar-refractivity contribution in [3.05, 3.63) is 57.2 Å². The summed E-state index contributed by atoms with van der Waals surface area (Å²) in [6.07, 6.45) is 0. The van der Waals surface area contributed by atoms with E-state index in [9.17, 15) is 4.79 Å². The minimum Gasteiger partial charge on any atom is -0.308 e. The molecule has 0 spiro atoms. The molecule has 5 heteroatoms. The van der Waals surface area contributed by atoms with Crippen LogP contribution in [0.4, 0.5) is 0 Å². The van der Waals surface area contributed by atoms with E-state index in [-0.39, 0.29) is 5.78 Å². The minimum atomic E-state index is 0.0890. The number of nitrogens with one attached hydrogen (secondary N) is 1. The Bertz CT molecular complexity index is 594. The van der Waals surface area contributed by atoms with Crippen LogP contribution in [0.25, 0.3) is 0 Å². The fourth-order valence-corrected chi connectivity index (χ4v) is 3.60. The number of benzene rings is 1. The molecule has 1 aromatic heterocycles. The van der Waals surface area contributed by atoms with E-state index in [4.69, 9.17) is 11.6 Å². The largest absolute Gasteiger partial charge is 0.308 e. The maximum Gasteiger partial charge on any atom is 0.176 e. The van der Waals surface area contributed by atoms with E-state index < -0.39 is 0 Å². The molecule has 124 valence electrons. The molecule has 0 saturated carbocycles. The van der Waals surface area contributed by atoms with Crippen molar-refractivity contribution in [3.8, 4) is 0 Å². The lowest BCUT2D eigenvalue weighted by Gasteiger charge is -2.29. The van der Waals surface area contributed by atoms with Crippen molar-refractivity contribution in [1.29, 1.82) is 0 Å². The highest BCUT2D eigenvalue weighted by molar-refractivity contribution is 7.10. The summed E-state index contributed by atoms with van der Waals surface area (Å²) in [7, 11) is 0. The van der Waals surface area contributed by atoms with Crippen molar-refractivity contribution in [2.75, 3.05) is 26.2 Å². The van der Waals surface area contributed by atoms with Gasteiger partial charge in [0.25, 0.3) is 0 Å². The Morgan fingerprint density at radius 3 is 2.48 bits per heavy atom. The molecule has 1 atom stereocenters. The van der Waals surface area contributed by atoms with E-state index in [2.05, 4.69) is 41.6 Å². The molecule has 1 unspecified atom stereocenters. The van der Waals surface area contributed by atoms with Crippen LogP contribution in [0.5, 0.6) is 0 Å². The molecular formula is C18H23ClN2OS. The molecule has 0 saturated heterocycles. The van der Waals surface area contributed by atoms with Gasteiger partial charge in [0.05, 0.1) is 12.6 Å². The quantitative estimate of drug-likeness (QED) is 0.686.